The van der Waals surface area contributed by atoms with E-state index in [1.54, 1.807) is 18.2 Å². The summed E-state index contributed by atoms with van der Waals surface area (Å²) in [7, 11) is 0. The van der Waals surface area contributed by atoms with Crippen molar-refractivity contribution in [2.45, 2.75) is 12.8 Å². The van der Waals surface area contributed by atoms with Gasteiger partial charge in [-0.1, -0.05) is 48.0 Å². The summed E-state index contributed by atoms with van der Waals surface area (Å²) >= 11 is 0. The molecular formula is C15H15NO3. The van der Waals surface area contributed by atoms with Crippen LogP contribution in [0.25, 0.3) is 0 Å². The maximum Gasteiger partial charge on any atom is 0.214 e. The molecule has 0 radical (unpaired) electrons. The van der Waals surface area contributed by atoms with Gasteiger partial charge in [0.15, 0.2) is 0 Å². The van der Waals surface area contributed by atoms with Crippen LogP contribution in [0.5, 0.6) is 5.75 Å². The van der Waals surface area contributed by atoms with Gasteiger partial charge in [-0.05, 0) is 18.6 Å². The zero-order valence-electron chi connectivity index (χ0n) is 10.6. The van der Waals surface area contributed by atoms with E-state index in [0.717, 1.165) is 11.1 Å². The second kappa shape index (κ2) is 5.52. The Balaban J connectivity index is 2.48. The summed E-state index contributed by atoms with van der Waals surface area (Å²) in [5.41, 5.74) is 2.40. The first-order chi connectivity index (χ1) is 9.08. The summed E-state index contributed by atoms with van der Waals surface area (Å²) in [5, 5.41) is 20.8. The van der Waals surface area contributed by atoms with E-state index >= 15 is 0 Å². The highest BCUT2D eigenvalue weighted by molar-refractivity contribution is 5.43. The highest BCUT2D eigenvalue weighted by atomic mass is 16.6. The Kier molecular flexibility index (Phi) is 3.80. The number of rotatable bonds is 4. The Morgan fingerprint density at radius 1 is 1.21 bits per heavy atom. The summed E-state index contributed by atoms with van der Waals surface area (Å²) < 4.78 is 0. The Hall–Kier alpha value is -2.36. The van der Waals surface area contributed by atoms with Crippen molar-refractivity contribution in [1.82, 2.24) is 0 Å². The van der Waals surface area contributed by atoms with Crippen LogP contribution in [0.15, 0.2) is 48.5 Å². The number of aryl methyl sites for hydroxylation is 1. The van der Waals surface area contributed by atoms with Gasteiger partial charge in [0.05, 0.1) is 5.92 Å². The fraction of sp³-hybridized carbons (Fsp3) is 0.200. The van der Waals surface area contributed by atoms with Crippen molar-refractivity contribution in [3.05, 3.63) is 75.3 Å². The van der Waals surface area contributed by atoms with Crippen LogP contribution in [0.3, 0.4) is 0 Å². The van der Waals surface area contributed by atoms with E-state index in [2.05, 4.69) is 0 Å². The van der Waals surface area contributed by atoms with Gasteiger partial charge in [-0.15, -0.1) is 0 Å². The third kappa shape index (κ3) is 3.10. The van der Waals surface area contributed by atoms with Crippen LogP contribution in [0, 0.1) is 17.0 Å². The van der Waals surface area contributed by atoms with Gasteiger partial charge in [0.25, 0.3) is 0 Å². The topological polar surface area (TPSA) is 63.4 Å². The van der Waals surface area contributed by atoms with Gasteiger partial charge in [0.2, 0.25) is 6.54 Å². The van der Waals surface area contributed by atoms with E-state index in [1.165, 1.54) is 0 Å². The number of nitro groups is 1. The zero-order chi connectivity index (χ0) is 13.8. The SMILES string of the molecule is Cc1ccc(O)c([C@@H](C[N+](=O)[O-])c2ccccc2)c1. The molecule has 4 nitrogen and oxygen atoms in total. The van der Waals surface area contributed by atoms with E-state index in [1.807, 2.05) is 37.3 Å². The standard InChI is InChI=1S/C15H15NO3/c1-11-7-8-15(17)13(9-11)14(10-16(18)19)12-5-3-2-4-6-12/h2-9,14,17H,10H2,1H3/t14-/m0/s1. The summed E-state index contributed by atoms with van der Waals surface area (Å²) in [6.07, 6.45) is 0. The predicted octanol–water partition coefficient (Wildman–Crippen LogP) is 3.11. The van der Waals surface area contributed by atoms with Crippen LogP contribution >= 0.6 is 0 Å². The van der Waals surface area contributed by atoms with Gasteiger partial charge in [-0.25, -0.2) is 0 Å². The lowest BCUT2D eigenvalue weighted by Crippen LogP contribution is -2.14. The maximum absolute atomic E-state index is 10.9. The van der Waals surface area contributed by atoms with Crippen molar-refractivity contribution in [1.29, 1.82) is 0 Å². The van der Waals surface area contributed by atoms with Gasteiger partial charge in [0, 0.05) is 10.5 Å². The average molecular weight is 257 g/mol. The molecule has 98 valence electrons. The molecule has 0 aromatic heterocycles. The second-order valence-electron chi connectivity index (χ2n) is 4.54. The number of hydrogen-bond donors (Lipinski definition) is 1. The molecule has 0 saturated carbocycles. The molecule has 0 heterocycles. The Bertz CT molecular complexity index is 581. The van der Waals surface area contributed by atoms with E-state index in [0.29, 0.717) is 5.56 Å². The van der Waals surface area contributed by atoms with Gasteiger partial charge >= 0.3 is 0 Å². The summed E-state index contributed by atoms with van der Waals surface area (Å²) in [5.74, 6) is -0.336. The highest BCUT2D eigenvalue weighted by Crippen LogP contribution is 2.32. The minimum absolute atomic E-state index is 0.0984. The molecule has 0 amide bonds. The third-order valence-corrected chi connectivity index (χ3v) is 3.09. The predicted molar refractivity (Wildman–Crippen MR) is 73.0 cm³/mol. The highest BCUT2D eigenvalue weighted by Gasteiger charge is 2.22. The van der Waals surface area contributed by atoms with E-state index in [4.69, 9.17) is 0 Å². The number of phenolic OH excluding ortho intramolecular Hbond substituents is 1. The van der Waals surface area contributed by atoms with Crippen molar-refractivity contribution in [2.75, 3.05) is 6.54 Å². The molecule has 0 fully saturated rings. The molecule has 4 heteroatoms. The molecule has 0 aliphatic heterocycles. The lowest BCUT2D eigenvalue weighted by molar-refractivity contribution is -0.481. The lowest BCUT2D eigenvalue weighted by Gasteiger charge is -2.15. The average Bonchev–Trinajstić information content (AvgIpc) is 2.40. The van der Waals surface area contributed by atoms with Crippen LogP contribution in [0.4, 0.5) is 0 Å². The molecular weight excluding hydrogens is 242 g/mol. The van der Waals surface area contributed by atoms with Crippen LogP contribution in [0.1, 0.15) is 22.6 Å². The minimum Gasteiger partial charge on any atom is -0.508 e. The van der Waals surface area contributed by atoms with E-state index in [9.17, 15) is 15.2 Å². The number of hydrogen-bond acceptors (Lipinski definition) is 3. The molecule has 0 bridgehead atoms. The fourth-order valence-corrected chi connectivity index (χ4v) is 2.17. The molecule has 0 aliphatic rings. The third-order valence-electron chi connectivity index (χ3n) is 3.09. The fourth-order valence-electron chi connectivity index (χ4n) is 2.17. The van der Waals surface area contributed by atoms with Gasteiger partial charge < -0.3 is 5.11 Å². The Morgan fingerprint density at radius 2 is 1.89 bits per heavy atom. The number of benzene rings is 2. The van der Waals surface area contributed by atoms with Gasteiger partial charge in [-0.2, -0.15) is 0 Å². The largest absolute Gasteiger partial charge is 0.508 e. The molecule has 1 atom stereocenters. The first kappa shape index (κ1) is 13.1. The summed E-state index contributed by atoms with van der Waals surface area (Å²) in [6, 6.07) is 14.4. The van der Waals surface area contributed by atoms with Gasteiger partial charge in [-0.3, -0.25) is 10.1 Å². The molecule has 0 aliphatic carbocycles. The summed E-state index contributed by atoms with van der Waals surface area (Å²) in [4.78, 5) is 10.5. The Labute approximate surface area is 111 Å². The molecule has 2 rings (SSSR count). The molecule has 0 unspecified atom stereocenters. The first-order valence-corrected chi connectivity index (χ1v) is 6.04. The van der Waals surface area contributed by atoms with Crippen molar-refractivity contribution in [3.8, 4) is 5.75 Å². The smallest absolute Gasteiger partial charge is 0.214 e. The van der Waals surface area contributed by atoms with Crippen LogP contribution in [-0.2, 0) is 0 Å². The number of phenols is 1. The normalized spacial score (nSPS) is 12.1. The second-order valence-corrected chi connectivity index (χ2v) is 4.54. The molecule has 2 aromatic rings. The summed E-state index contributed by atoms with van der Waals surface area (Å²) in [6.45, 7) is 1.66. The van der Waals surface area contributed by atoms with Crippen molar-refractivity contribution >= 4 is 0 Å². The maximum atomic E-state index is 10.9. The van der Waals surface area contributed by atoms with E-state index < -0.39 is 5.92 Å². The lowest BCUT2D eigenvalue weighted by atomic mass is 9.90. The molecule has 2 aromatic carbocycles. The van der Waals surface area contributed by atoms with Crippen LogP contribution in [0.2, 0.25) is 0 Å². The van der Waals surface area contributed by atoms with Gasteiger partial charge in [0.1, 0.15) is 5.75 Å². The van der Waals surface area contributed by atoms with E-state index in [-0.39, 0.29) is 17.2 Å². The molecule has 19 heavy (non-hydrogen) atoms. The van der Waals surface area contributed by atoms with Crippen LogP contribution < -0.4 is 0 Å². The van der Waals surface area contributed by atoms with Crippen molar-refractivity contribution in [3.63, 3.8) is 0 Å². The van der Waals surface area contributed by atoms with Crippen molar-refractivity contribution < 1.29 is 10.0 Å². The quantitative estimate of drug-likeness (QED) is 0.676. The first-order valence-electron chi connectivity index (χ1n) is 6.04. The monoisotopic (exact) mass is 257 g/mol. The van der Waals surface area contributed by atoms with Crippen molar-refractivity contribution in [2.24, 2.45) is 0 Å². The Morgan fingerprint density at radius 3 is 2.53 bits per heavy atom. The van der Waals surface area contributed by atoms with Crippen LogP contribution in [-0.4, -0.2) is 16.6 Å². The molecule has 0 spiro atoms. The molecule has 0 saturated heterocycles. The minimum atomic E-state index is -0.434. The molecule has 1 N–H and O–H groups in total. The zero-order valence-corrected chi connectivity index (χ0v) is 10.6. The number of aromatic hydroxyl groups is 1. The number of nitrogens with zero attached hydrogens (tertiary/aromatic N) is 1.